The number of ether oxygens (including phenoxy) is 3. The molecule has 0 fully saturated rings. The van der Waals surface area contributed by atoms with Gasteiger partial charge in [-0.1, -0.05) is 6.42 Å². The smallest absolute Gasteiger partial charge is 0.407 e. The van der Waals surface area contributed by atoms with Gasteiger partial charge in [0.2, 0.25) is 5.91 Å². The third-order valence-corrected chi connectivity index (χ3v) is 3.98. The van der Waals surface area contributed by atoms with Crippen molar-refractivity contribution in [3.8, 4) is 0 Å². The van der Waals surface area contributed by atoms with Crippen LogP contribution in [0.3, 0.4) is 0 Å². The van der Waals surface area contributed by atoms with Gasteiger partial charge in [-0.3, -0.25) is 19.3 Å². The van der Waals surface area contributed by atoms with Crippen LogP contribution in [0.4, 0.5) is 4.79 Å². The lowest BCUT2D eigenvalue weighted by atomic mass is 10.1. The molecular weight excluding hydrogens is 409 g/mol. The zero-order valence-corrected chi connectivity index (χ0v) is 17.4. The van der Waals surface area contributed by atoms with Gasteiger partial charge in [0, 0.05) is 38.2 Å². The minimum Gasteiger partial charge on any atom is -0.447 e. The minimum absolute atomic E-state index is 0.0550. The Balaban J connectivity index is 1.86. The Kier molecular flexibility index (Phi) is 13.6. The molecule has 0 saturated carbocycles. The number of hydrogen-bond acceptors (Lipinski definition) is 8. The van der Waals surface area contributed by atoms with Crippen molar-refractivity contribution in [2.75, 3.05) is 52.7 Å². The van der Waals surface area contributed by atoms with Gasteiger partial charge in [0.1, 0.15) is 12.3 Å². The highest BCUT2D eigenvalue weighted by atomic mass is 16.6. The summed E-state index contributed by atoms with van der Waals surface area (Å²) < 4.78 is 15.0. The van der Waals surface area contributed by atoms with Gasteiger partial charge in [-0.05, 0) is 12.8 Å². The van der Waals surface area contributed by atoms with Crippen LogP contribution in [0, 0.1) is 0 Å². The number of hydrogen-bond donors (Lipinski definition) is 2. The van der Waals surface area contributed by atoms with E-state index >= 15 is 0 Å². The lowest BCUT2D eigenvalue weighted by Crippen LogP contribution is -2.31. The van der Waals surface area contributed by atoms with Crippen molar-refractivity contribution in [1.82, 2.24) is 15.5 Å². The van der Waals surface area contributed by atoms with Gasteiger partial charge in [0.15, 0.2) is 7.85 Å². The number of amides is 4. The Morgan fingerprint density at radius 2 is 1.55 bits per heavy atom. The Bertz CT molecular complexity index is 638. The van der Waals surface area contributed by atoms with E-state index in [1.807, 2.05) is 0 Å². The molecule has 12 heteroatoms. The third kappa shape index (κ3) is 13.2. The van der Waals surface area contributed by atoms with Crippen LogP contribution in [0.15, 0.2) is 12.2 Å². The molecule has 0 aromatic heterocycles. The van der Waals surface area contributed by atoms with Crippen LogP contribution < -0.4 is 10.6 Å². The maximum Gasteiger partial charge on any atom is 0.407 e. The first-order valence-electron chi connectivity index (χ1n) is 10.0. The van der Waals surface area contributed by atoms with Crippen molar-refractivity contribution in [1.29, 1.82) is 0 Å². The van der Waals surface area contributed by atoms with Crippen molar-refractivity contribution >= 4 is 37.3 Å². The van der Waals surface area contributed by atoms with Crippen molar-refractivity contribution in [3.63, 3.8) is 0 Å². The maximum absolute atomic E-state index is 11.7. The Labute approximate surface area is 182 Å². The first-order chi connectivity index (χ1) is 14.9. The summed E-state index contributed by atoms with van der Waals surface area (Å²) in [7, 11) is 4.89. The number of rotatable bonds is 17. The van der Waals surface area contributed by atoms with Gasteiger partial charge in [-0.2, -0.15) is 0 Å². The predicted molar refractivity (Wildman–Crippen MR) is 109 cm³/mol. The first-order valence-corrected chi connectivity index (χ1v) is 10.0. The van der Waals surface area contributed by atoms with E-state index in [9.17, 15) is 24.0 Å². The summed E-state index contributed by atoms with van der Waals surface area (Å²) in [6.07, 6.45) is 4.28. The number of unbranched alkanes of at least 4 members (excludes halogenated alkanes) is 2. The number of nitrogens with zero attached hydrogens (tertiary/aromatic N) is 1. The SMILES string of the molecule is [B]C(=O)COCCNC(=O)OCCOCCNC(=O)CCCCCN1C(=O)C=CC1=O. The van der Waals surface area contributed by atoms with E-state index in [2.05, 4.69) is 10.6 Å². The maximum atomic E-state index is 11.7. The molecule has 2 radical (unpaired) electrons. The molecule has 31 heavy (non-hydrogen) atoms. The van der Waals surface area contributed by atoms with Crippen molar-refractivity contribution < 1.29 is 38.2 Å². The molecule has 1 heterocycles. The van der Waals surface area contributed by atoms with Crippen molar-refractivity contribution in [2.24, 2.45) is 0 Å². The van der Waals surface area contributed by atoms with Crippen LogP contribution >= 0.6 is 0 Å². The molecule has 0 bridgehead atoms. The van der Waals surface area contributed by atoms with Gasteiger partial charge < -0.3 is 29.6 Å². The summed E-state index contributed by atoms with van der Waals surface area (Å²) in [6.45, 7) is 1.35. The highest BCUT2D eigenvalue weighted by Gasteiger charge is 2.22. The molecular formula is C19H28BN3O8. The fourth-order valence-corrected chi connectivity index (χ4v) is 2.48. The van der Waals surface area contributed by atoms with Crippen LogP contribution in [0.5, 0.6) is 0 Å². The molecule has 1 aliphatic rings. The normalized spacial score (nSPS) is 12.8. The van der Waals surface area contributed by atoms with E-state index in [4.69, 9.17) is 22.1 Å². The van der Waals surface area contributed by atoms with Gasteiger partial charge >= 0.3 is 6.09 Å². The van der Waals surface area contributed by atoms with E-state index in [-0.39, 0.29) is 57.3 Å². The van der Waals surface area contributed by atoms with Gasteiger partial charge in [0.05, 0.1) is 26.4 Å². The first kappa shape index (κ1) is 26.3. The molecule has 0 aromatic rings. The lowest BCUT2D eigenvalue weighted by molar-refractivity contribution is -0.137. The van der Waals surface area contributed by atoms with Crippen LogP contribution in [0.25, 0.3) is 0 Å². The molecule has 0 saturated heterocycles. The van der Waals surface area contributed by atoms with Gasteiger partial charge in [-0.15, -0.1) is 0 Å². The molecule has 0 aliphatic carbocycles. The second-order valence-electron chi connectivity index (χ2n) is 6.52. The predicted octanol–water partition coefficient (Wildman–Crippen LogP) is -0.957. The van der Waals surface area contributed by atoms with E-state index in [0.29, 0.717) is 32.4 Å². The average molecular weight is 437 g/mol. The quantitative estimate of drug-likeness (QED) is 0.169. The highest BCUT2D eigenvalue weighted by molar-refractivity contribution is 6.58. The van der Waals surface area contributed by atoms with E-state index < -0.39 is 11.8 Å². The number of carbonyl (C=O) groups excluding carboxylic acids is 5. The lowest BCUT2D eigenvalue weighted by Gasteiger charge is -2.13. The van der Waals surface area contributed by atoms with E-state index in [1.165, 1.54) is 17.1 Å². The number of alkyl carbamates (subject to hydrolysis) is 1. The van der Waals surface area contributed by atoms with Crippen LogP contribution in [0.1, 0.15) is 25.7 Å². The molecule has 1 rings (SSSR count). The zero-order chi connectivity index (χ0) is 22.9. The summed E-state index contributed by atoms with van der Waals surface area (Å²) in [5.74, 6) is -0.686. The molecule has 170 valence electrons. The third-order valence-electron chi connectivity index (χ3n) is 3.98. The number of nitrogens with one attached hydrogen (secondary N) is 2. The zero-order valence-electron chi connectivity index (χ0n) is 17.4. The van der Waals surface area contributed by atoms with Gasteiger partial charge in [-0.25, -0.2) is 4.79 Å². The topological polar surface area (TPSA) is 140 Å². The Morgan fingerprint density at radius 1 is 0.871 bits per heavy atom. The summed E-state index contributed by atoms with van der Waals surface area (Å²) in [5, 5.41) is 5.15. The standard InChI is InChI=1S/C19H28BN3O8/c20-15(24)14-30-11-8-22-19(28)31-13-12-29-10-7-21-16(25)4-2-1-3-9-23-17(26)5-6-18(23)27/h5-6H,1-4,7-14H2,(H,21,25)(H,22,28). The molecule has 0 spiro atoms. The van der Waals surface area contributed by atoms with Crippen molar-refractivity contribution in [3.05, 3.63) is 12.2 Å². The molecule has 4 amide bonds. The van der Waals surface area contributed by atoms with Crippen molar-refractivity contribution in [2.45, 2.75) is 25.7 Å². The average Bonchev–Trinajstić information content (AvgIpc) is 3.04. The summed E-state index contributed by atoms with van der Waals surface area (Å²) in [5.41, 5.74) is -0.584. The molecule has 0 atom stereocenters. The fraction of sp³-hybridized carbons (Fsp3) is 0.632. The summed E-state index contributed by atoms with van der Waals surface area (Å²) in [4.78, 5) is 57.5. The molecule has 1 aliphatic heterocycles. The molecule has 11 nitrogen and oxygen atoms in total. The largest absolute Gasteiger partial charge is 0.447 e. The minimum atomic E-state index is -0.630. The Morgan fingerprint density at radius 3 is 2.26 bits per heavy atom. The van der Waals surface area contributed by atoms with Crippen LogP contribution in [0.2, 0.25) is 0 Å². The molecule has 0 unspecified atom stereocenters. The number of carbonyl (C=O) groups is 5. The summed E-state index contributed by atoms with van der Waals surface area (Å²) in [6, 6.07) is 0. The van der Waals surface area contributed by atoms with E-state index in [0.717, 1.165) is 6.42 Å². The molecule has 2 N–H and O–H groups in total. The molecule has 0 aromatic carbocycles. The Hall–Kier alpha value is -2.73. The van der Waals surface area contributed by atoms with E-state index in [1.54, 1.807) is 0 Å². The highest BCUT2D eigenvalue weighted by Crippen LogP contribution is 2.07. The van der Waals surface area contributed by atoms with Crippen LogP contribution in [-0.2, 0) is 33.4 Å². The van der Waals surface area contributed by atoms with Crippen LogP contribution in [-0.4, -0.2) is 94.9 Å². The fourth-order valence-electron chi connectivity index (χ4n) is 2.48. The number of imide groups is 1. The second-order valence-corrected chi connectivity index (χ2v) is 6.52. The second kappa shape index (κ2) is 16.0. The van der Waals surface area contributed by atoms with Gasteiger partial charge in [0.25, 0.3) is 11.8 Å². The summed E-state index contributed by atoms with van der Waals surface area (Å²) >= 11 is 0. The monoisotopic (exact) mass is 437 g/mol.